The van der Waals surface area contributed by atoms with Gasteiger partial charge in [-0.3, -0.25) is 19.5 Å². The third-order valence-corrected chi connectivity index (χ3v) is 4.51. The molecule has 0 aromatic carbocycles. The number of aromatic amines is 1. The van der Waals surface area contributed by atoms with Gasteiger partial charge in [-0.15, -0.1) is 11.3 Å². The molecule has 0 radical (unpaired) electrons. The molecule has 2 amide bonds. The van der Waals surface area contributed by atoms with E-state index >= 15 is 0 Å². The van der Waals surface area contributed by atoms with E-state index in [0.29, 0.717) is 29.7 Å². The molecular weight excluding hydrogens is 346 g/mol. The van der Waals surface area contributed by atoms with Crippen LogP contribution < -0.4 is 10.2 Å². The molecule has 25 heavy (non-hydrogen) atoms. The molecule has 3 rings (SSSR count). The number of hydrogen-bond acceptors (Lipinski definition) is 7. The number of thiazole rings is 1. The lowest BCUT2D eigenvalue weighted by atomic mass is 10.1. The SMILES string of the molecule is CCOC(=O)Cc1csc(NC(=O)[C@H]2CC(=O)N(c3cn[nH]c3)C2)n1. The largest absolute Gasteiger partial charge is 0.466 e. The molecule has 1 fully saturated rings. The van der Waals surface area contributed by atoms with Crippen molar-refractivity contribution >= 4 is 39.9 Å². The fraction of sp³-hybridized carbons (Fsp3) is 0.400. The van der Waals surface area contributed by atoms with Crippen molar-refractivity contribution in [3.05, 3.63) is 23.5 Å². The standard InChI is InChI=1S/C15H17N5O4S/c1-2-24-13(22)4-10-8-25-15(18-10)19-14(23)9-3-12(21)20(7-9)11-5-16-17-6-11/h5-6,8-9H,2-4,7H2,1H3,(H,16,17)(H,18,19,23)/t9-/m0/s1. The summed E-state index contributed by atoms with van der Waals surface area (Å²) in [6.07, 6.45) is 3.36. The van der Waals surface area contributed by atoms with Gasteiger partial charge >= 0.3 is 5.97 Å². The maximum atomic E-state index is 12.4. The summed E-state index contributed by atoms with van der Waals surface area (Å²) in [6, 6.07) is 0. The number of rotatable bonds is 6. The number of anilines is 2. The lowest BCUT2D eigenvalue weighted by molar-refractivity contribution is -0.142. The maximum absolute atomic E-state index is 12.4. The van der Waals surface area contributed by atoms with Gasteiger partial charge in [0.05, 0.1) is 36.5 Å². The molecule has 2 N–H and O–H groups in total. The minimum Gasteiger partial charge on any atom is -0.466 e. The molecule has 9 nitrogen and oxygen atoms in total. The molecule has 2 aromatic heterocycles. The number of nitrogens with zero attached hydrogens (tertiary/aromatic N) is 3. The van der Waals surface area contributed by atoms with E-state index < -0.39 is 5.92 Å². The van der Waals surface area contributed by atoms with Gasteiger partial charge in [-0.25, -0.2) is 4.98 Å². The van der Waals surface area contributed by atoms with Crippen LogP contribution in [-0.2, 0) is 25.5 Å². The van der Waals surface area contributed by atoms with Crippen molar-refractivity contribution in [1.82, 2.24) is 15.2 Å². The summed E-state index contributed by atoms with van der Waals surface area (Å²) in [7, 11) is 0. The zero-order valence-corrected chi connectivity index (χ0v) is 14.3. The highest BCUT2D eigenvalue weighted by molar-refractivity contribution is 7.13. The summed E-state index contributed by atoms with van der Waals surface area (Å²) in [5.74, 6) is -1.21. The van der Waals surface area contributed by atoms with E-state index in [-0.39, 0.29) is 30.6 Å². The summed E-state index contributed by atoms with van der Waals surface area (Å²) in [4.78, 5) is 41.6. The quantitative estimate of drug-likeness (QED) is 0.738. The lowest BCUT2D eigenvalue weighted by Gasteiger charge is -2.13. The average Bonchev–Trinajstić information content (AvgIpc) is 3.28. The highest BCUT2D eigenvalue weighted by atomic mass is 32.1. The molecule has 2 aromatic rings. The van der Waals surface area contributed by atoms with Crippen LogP contribution in [-0.4, -0.2) is 46.1 Å². The highest BCUT2D eigenvalue weighted by Gasteiger charge is 2.35. The third kappa shape index (κ3) is 4.02. The fourth-order valence-corrected chi connectivity index (χ4v) is 3.25. The second-order valence-electron chi connectivity index (χ2n) is 5.48. The summed E-state index contributed by atoms with van der Waals surface area (Å²) >= 11 is 1.23. The van der Waals surface area contributed by atoms with E-state index in [0.717, 1.165) is 0 Å². The Bertz CT molecular complexity index is 773. The van der Waals surface area contributed by atoms with Gasteiger partial charge in [0.15, 0.2) is 5.13 Å². The molecule has 132 valence electrons. The fourth-order valence-electron chi connectivity index (χ4n) is 2.54. The molecule has 1 saturated heterocycles. The third-order valence-electron chi connectivity index (χ3n) is 3.70. The molecular formula is C15H17N5O4S. The van der Waals surface area contributed by atoms with Crippen LogP contribution in [0.5, 0.6) is 0 Å². The minimum atomic E-state index is -0.459. The molecule has 0 spiro atoms. The molecule has 1 aliphatic rings. The molecule has 3 heterocycles. The van der Waals surface area contributed by atoms with E-state index in [9.17, 15) is 14.4 Å². The van der Waals surface area contributed by atoms with Gasteiger partial charge < -0.3 is 15.0 Å². The van der Waals surface area contributed by atoms with Crippen molar-refractivity contribution < 1.29 is 19.1 Å². The normalized spacial score (nSPS) is 16.9. The van der Waals surface area contributed by atoms with E-state index in [4.69, 9.17) is 4.74 Å². The zero-order chi connectivity index (χ0) is 17.8. The number of ether oxygens (including phenoxy) is 1. The van der Waals surface area contributed by atoms with Crippen LogP contribution in [0.1, 0.15) is 19.0 Å². The van der Waals surface area contributed by atoms with Gasteiger partial charge in [0.2, 0.25) is 11.8 Å². The monoisotopic (exact) mass is 363 g/mol. The van der Waals surface area contributed by atoms with E-state index in [2.05, 4.69) is 20.5 Å². The summed E-state index contributed by atoms with van der Waals surface area (Å²) in [5, 5.41) is 11.3. The Labute approximate surface area is 147 Å². The van der Waals surface area contributed by atoms with Crippen molar-refractivity contribution in [3.8, 4) is 0 Å². The molecule has 0 bridgehead atoms. The Hall–Kier alpha value is -2.75. The number of aromatic nitrogens is 3. The first-order valence-electron chi connectivity index (χ1n) is 7.77. The van der Waals surface area contributed by atoms with Crippen LogP contribution in [0, 0.1) is 5.92 Å². The summed E-state index contributed by atoms with van der Waals surface area (Å²) < 4.78 is 4.86. The van der Waals surface area contributed by atoms with Gasteiger partial charge in [0, 0.05) is 24.5 Å². The number of H-pyrrole nitrogens is 1. The Kier molecular flexibility index (Phi) is 5.08. The van der Waals surface area contributed by atoms with Crippen LogP contribution >= 0.6 is 11.3 Å². The molecule has 1 atom stereocenters. The van der Waals surface area contributed by atoms with Gasteiger partial charge in [0.25, 0.3) is 0 Å². The lowest BCUT2D eigenvalue weighted by Crippen LogP contribution is -2.27. The Morgan fingerprint density at radius 2 is 2.36 bits per heavy atom. The average molecular weight is 363 g/mol. The second kappa shape index (κ2) is 7.43. The first-order chi connectivity index (χ1) is 12.1. The topological polar surface area (TPSA) is 117 Å². The Morgan fingerprint density at radius 1 is 1.52 bits per heavy atom. The van der Waals surface area contributed by atoms with E-state index in [1.807, 2.05) is 0 Å². The molecule has 1 aliphatic heterocycles. The predicted octanol–water partition coefficient (Wildman–Crippen LogP) is 0.963. The van der Waals surface area contributed by atoms with Gasteiger partial charge in [-0.05, 0) is 6.92 Å². The van der Waals surface area contributed by atoms with Gasteiger partial charge in [0.1, 0.15) is 0 Å². The maximum Gasteiger partial charge on any atom is 0.311 e. The number of amides is 2. The molecule has 0 aliphatic carbocycles. The molecule has 10 heteroatoms. The first-order valence-corrected chi connectivity index (χ1v) is 8.64. The predicted molar refractivity (Wildman–Crippen MR) is 90.1 cm³/mol. The molecule has 0 saturated carbocycles. The van der Waals surface area contributed by atoms with Crippen LogP contribution in [0.25, 0.3) is 0 Å². The smallest absolute Gasteiger partial charge is 0.311 e. The number of carbonyl (C=O) groups excluding carboxylic acids is 3. The minimum absolute atomic E-state index is 0.0659. The summed E-state index contributed by atoms with van der Waals surface area (Å²) in [5.41, 5.74) is 1.19. The first kappa shape index (κ1) is 17.1. The van der Waals surface area contributed by atoms with Gasteiger partial charge in [-0.1, -0.05) is 0 Å². The zero-order valence-electron chi connectivity index (χ0n) is 13.5. The van der Waals surface area contributed by atoms with Crippen molar-refractivity contribution in [3.63, 3.8) is 0 Å². The Morgan fingerprint density at radius 3 is 3.08 bits per heavy atom. The number of carbonyl (C=O) groups is 3. The van der Waals surface area contributed by atoms with Crippen molar-refractivity contribution in [2.24, 2.45) is 5.92 Å². The number of nitrogens with one attached hydrogen (secondary N) is 2. The van der Waals surface area contributed by atoms with Crippen molar-refractivity contribution in [2.75, 3.05) is 23.4 Å². The highest BCUT2D eigenvalue weighted by Crippen LogP contribution is 2.25. The van der Waals surface area contributed by atoms with Crippen molar-refractivity contribution in [1.29, 1.82) is 0 Å². The van der Waals surface area contributed by atoms with E-state index in [1.54, 1.807) is 24.7 Å². The van der Waals surface area contributed by atoms with Crippen molar-refractivity contribution in [2.45, 2.75) is 19.8 Å². The second-order valence-corrected chi connectivity index (χ2v) is 6.34. The van der Waals surface area contributed by atoms with Crippen LogP contribution in [0.4, 0.5) is 10.8 Å². The van der Waals surface area contributed by atoms with Crippen LogP contribution in [0.15, 0.2) is 17.8 Å². The summed E-state index contributed by atoms with van der Waals surface area (Å²) in [6.45, 7) is 2.35. The number of esters is 1. The van der Waals surface area contributed by atoms with E-state index in [1.165, 1.54) is 16.2 Å². The van der Waals surface area contributed by atoms with Gasteiger partial charge in [-0.2, -0.15) is 5.10 Å². The van der Waals surface area contributed by atoms with Crippen LogP contribution in [0.3, 0.4) is 0 Å². The molecule has 0 unspecified atom stereocenters. The van der Waals surface area contributed by atoms with Crippen LogP contribution in [0.2, 0.25) is 0 Å². The Balaban J connectivity index is 1.57. The number of hydrogen-bond donors (Lipinski definition) is 2.